The number of rotatable bonds is 15. The number of hydrogen-bond acceptors (Lipinski definition) is 7. The van der Waals surface area contributed by atoms with Crippen molar-refractivity contribution in [2.24, 2.45) is 0 Å². The van der Waals surface area contributed by atoms with Gasteiger partial charge in [0.2, 0.25) is 5.79 Å². The Bertz CT molecular complexity index is 862. The number of benzene rings is 1. The van der Waals surface area contributed by atoms with E-state index in [1.807, 2.05) is 44.2 Å². The lowest BCUT2D eigenvalue weighted by molar-refractivity contribution is -0.279. The SMILES string of the molecule is CCCCCCCCCCOC[C@@]12O[C@@H](CN3CCCCC3)[C@@H](OC(=O)Nc3ccccc3)[C@@H]1OC(C)(C)O2. The number of hydrogen-bond donors (Lipinski definition) is 1. The minimum atomic E-state index is -1.11. The Hall–Kier alpha value is -1.71. The fraction of sp³-hybridized carbons (Fsp3) is 0.774. The minimum absolute atomic E-state index is 0.244. The summed E-state index contributed by atoms with van der Waals surface area (Å²) in [6.45, 7) is 9.57. The van der Waals surface area contributed by atoms with Crippen LogP contribution in [0.25, 0.3) is 0 Å². The molecule has 1 aromatic rings. The van der Waals surface area contributed by atoms with Gasteiger partial charge in [-0.2, -0.15) is 0 Å². The van der Waals surface area contributed by atoms with E-state index in [0.29, 0.717) is 18.8 Å². The Morgan fingerprint density at radius 1 is 0.974 bits per heavy atom. The number of fused-ring (bicyclic) bond motifs is 1. The van der Waals surface area contributed by atoms with Crippen molar-refractivity contribution >= 4 is 11.8 Å². The summed E-state index contributed by atoms with van der Waals surface area (Å²) in [5.41, 5.74) is 0.679. The van der Waals surface area contributed by atoms with Crippen LogP contribution >= 0.6 is 0 Å². The second kappa shape index (κ2) is 14.8. The average Bonchev–Trinajstić information content (AvgIpc) is 3.32. The standard InChI is InChI=1S/C31H50N2O6/c1-4-5-6-7-8-9-10-17-22-35-24-31-28(38-30(2,3)39-31)27(26(37-31)23-33-20-15-12-16-21-33)36-29(34)32-25-18-13-11-14-19-25/h11,13-14,18-19,26-28H,4-10,12,15-17,20-24H2,1-3H3,(H,32,34)/t26-,27+,28-,31-/m0/s1. The number of carbonyl (C=O) groups excluding carboxylic acids is 1. The van der Waals surface area contributed by atoms with Crippen molar-refractivity contribution in [3.05, 3.63) is 30.3 Å². The smallest absolute Gasteiger partial charge is 0.412 e. The van der Waals surface area contributed by atoms with E-state index in [1.165, 1.54) is 57.8 Å². The maximum Gasteiger partial charge on any atom is 0.412 e. The van der Waals surface area contributed by atoms with E-state index in [9.17, 15) is 4.79 Å². The lowest BCUT2D eigenvalue weighted by Gasteiger charge is -2.33. The van der Waals surface area contributed by atoms with Crippen LogP contribution in [0.3, 0.4) is 0 Å². The number of carbonyl (C=O) groups is 1. The molecule has 4 atom stereocenters. The fourth-order valence-electron chi connectivity index (χ4n) is 5.99. The first kappa shape index (κ1) is 30.3. The molecule has 0 aromatic heterocycles. The van der Waals surface area contributed by atoms with Crippen LogP contribution in [0.2, 0.25) is 0 Å². The van der Waals surface area contributed by atoms with E-state index >= 15 is 0 Å². The van der Waals surface area contributed by atoms with E-state index in [0.717, 1.165) is 25.9 Å². The lowest BCUT2D eigenvalue weighted by Crippen LogP contribution is -2.46. The van der Waals surface area contributed by atoms with E-state index in [4.69, 9.17) is 23.7 Å². The fourth-order valence-corrected chi connectivity index (χ4v) is 5.99. The van der Waals surface area contributed by atoms with Gasteiger partial charge >= 0.3 is 6.09 Å². The summed E-state index contributed by atoms with van der Waals surface area (Å²) >= 11 is 0. The highest BCUT2D eigenvalue weighted by molar-refractivity contribution is 5.84. The molecule has 0 aliphatic carbocycles. The maximum absolute atomic E-state index is 13.0. The van der Waals surface area contributed by atoms with Crippen molar-refractivity contribution in [3.63, 3.8) is 0 Å². The number of piperidine rings is 1. The van der Waals surface area contributed by atoms with Crippen LogP contribution in [0.4, 0.5) is 10.5 Å². The summed E-state index contributed by atoms with van der Waals surface area (Å²) in [6, 6.07) is 9.32. The molecule has 1 aromatic carbocycles. The highest BCUT2D eigenvalue weighted by atomic mass is 16.9. The first-order valence-electron chi connectivity index (χ1n) is 15.3. The first-order valence-corrected chi connectivity index (χ1v) is 15.3. The van der Waals surface area contributed by atoms with E-state index < -0.39 is 29.9 Å². The predicted octanol–water partition coefficient (Wildman–Crippen LogP) is 6.49. The summed E-state index contributed by atoms with van der Waals surface area (Å²) in [5, 5.41) is 2.84. The number of nitrogens with one attached hydrogen (secondary N) is 1. The van der Waals surface area contributed by atoms with Gasteiger partial charge in [0.1, 0.15) is 12.7 Å². The monoisotopic (exact) mass is 546 g/mol. The van der Waals surface area contributed by atoms with Gasteiger partial charge in [-0.05, 0) is 58.3 Å². The number of ether oxygens (including phenoxy) is 5. The molecule has 0 unspecified atom stereocenters. The molecule has 8 heteroatoms. The number of nitrogens with zero attached hydrogens (tertiary/aromatic N) is 1. The molecular weight excluding hydrogens is 496 g/mol. The molecule has 3 heterocycles. The van der Waals surface area contributed by atoms with Crippen LogP contribution in [-0.2, 0) is 23.7 Å². The molecule has 3 aliphatic rings. The molecule has 1 N–H and O–H groups in total. The first-order chi connectivity index (χ1) is 18.9. The summed E-state index contributed by atoms with van der Waals surface area (Å²) in [4.78, 5) is 15.4. The zero-order valence-electron chi connectivity index (χ0n) is 24.3. The molecule has 0 radical (unpaired) electrons. The van der Waals surface area contributed by atoms with Gasteiger partial charge in [0.05, 0.1) is 0 Å². The third-order valence-electron chi connectivity index (χ3n) is 7.87. The Morgan fingerprint density at radius 3 is 2.38 bits per heavy atom. The topological polar surface area (TPSA) is 78.5 Å². The van der Waals surface area contributed by atoms with Gasteiger partial charge in [-0.15, -0.1) is 0 Å². The Balaban J connectivity index is 1.36. The third-order valence-corrected chi connectivity index (χ3v) is 7.87. The van der Waals surface area contributed by atoms with Crippen LogP contribution in [0, 0.1) is 0 Å². The number of amides is 1. The van der Waals surface area contributed by atoms with E-state index in [2.05, 4.69) is 17.1 Å². The Morgan fingerprint density at radius 2 is 1.67 bits per heavy atom. The molecule has 3 fully saturated rings. The molecule has 220 valence electrons. The van der Waals surface area contributed by atoms with Gasteiger partial charge in [0, 0.05) is 18.8 Å². The van der Waals surface area contributed by atoms with Crippen LogP contribution in [0.5, 0.6) is 0 Å². The van der Waals surface area contributed by atoms with Gasteiger partial charge in [0.15, 0.2) is 18.0 Å². The second-order valence-electron chi connectivity index (χ2n) is 11.8. The van der Waals surface area contributed by atoms with Crippen molar-refractivity contribution in [1.29, 1.82) is 0 Å². The van der Waals surface area contributed by atoms with Crippen LogP contribution in [0.15, 0.2) is 30.3 Å². The quantitative estimate of drug-likeness (QED) is 0.252. The molecule has 0 bridgehead atoms. The Kier molecular flexibility index (Phi) is 11.5. The number of anilines is 1. The molecule has 3 aliphatic heterocycles. The average molecular weight is 547 g/mol. The van der Waals surface area contributed by atoms with Crippen molar-refractivity contribution < 1.29 is 28.5 Å². The van der Waals surface area contributed by atoms with E-state index in [-0.39, 0.29) is 12.7 Å². The summed E-state index contributed by atoms with van der Waals surface area (Å²) in [7, 11) is 0. The van der Waals surface area contributed by atoms with Crippen molar-refractivity contribution in [3.8, 4) is 0 Å². The second-order valence-corrected chi connectivity index (χ2v) is 11.8. The van der Waals surface area contributed by atoms with Gasteiger partial charge in [-0.1, -0.05) is 76.5 Å². The summed E-state index contributed by atoms with van der Waals surface area (Å²) in [5.74, 6) is -1.98. The minimum Gasteiger partial charge on any atom is -0.440 e. The largest absolute Gasteiger partial charge is 0.440 e. The van der Waals surface area contributed by atoms with Crippen molar-refractivity contribution in [2.45, 2.75) is 121 Å². The molecule has 8 nitrogen and oxygen atoms in total. The van der Waals surface area contributed by atoms with Gasteiger partial charge < -0.3 is 28.6 Å². The number of likely N-dealkylation sites (tertiary alicyclic amines) is 1. The van der Waals surface area contributed by atoms with Gasteiger partial charge in [0.25, 0.3) is 0 Å². The molecule has 0 saturated carbocycles. The third kappa shape index (κ3) is 8.89. The molecule has 1 amide bonds. The molecule has 0 spiro atoms. The molecule has 3 saturated heterocycles. The zero-order chi connectivity index (χ0) is 27.6. The van der Waals surface area contributed by atoms with Crippen molar-refractivity contribution in [2.75, 3.05) is 38.2 Å². The zero-order valence-corrected chi connectivity index (χ0v) is 24.3. The predicted molar refractivity (Wildman–Crippen MR) is 152 cm³/mol. The van der Waals surface area contributed by atoms with Crippen LogP contribution in [-0.4, -0.2) is 73.7 Å². The highest BCUT2D eigenvalue weighted by Crippen LogP contribution is 2.47. The lowest BCUT2D eigenvalue weighted by atomic mass is 10.0. The Labute approximate surface area is 235 Å². The normalized spacial score (nSPS) is 28.3. The summed E-state index contributed by atoms with van der Waals surface area (Å²) in [6.07, 6.45) is 11.5. The van der Waals surface area contributed by atoms with Crippen LogP contribution in [0.1, 0.15) is 91.4 Å². The van der Waals surface area contributed by atoms with Gasteiger partial charge in [-0.25, -0.2) is 4.79 Å². The van der Waals surface area contributed by atoms with Gasteiger partial charge in [-0.3, -0.25) is 5.32 Å². The maximum atomic E-state index is 13.0. The van der Waals surface area contributed by atoms with E-state index in [1.54, 1.807) is 0 Å². The van der Waals surface area contributed by atoms with Crippen LogP contribution < -0.4 is 5.32 Å². The number of unbranched alkanes of at least 4 members (excludes halogenated alkanes) is 7. The number of para-hydroxylation sites is 1. The molecular formula is C31H50N2O6. The highest BCUT2D eigenvalue weighted by Gasteiger charge is 2.66. The molecule has 4 rings (SSSR count). The van der Waals surface area contributed by atoms with Crippen molar-refractivity contribution in [1.82, 2.24) is 4.90 Å². The molecule has 39 heavy (non-hydrogen) atoms. The summed E-state index contributed by atoms with van der Waals surface area (Å²) < 4.78 is 31.6.